The van der Waals surface area contributed by atoms with Crippen LogP contribution in [0.1, 0.15) is 16.1 Å². The molecule has 142 valence electrons. The van der Waals surface area contributed by atoms with Crippen molar-refractivity contribution in [2.24, 2.45) is 0 Å². The maximum absolute atomic E-state index is 12.3. The summed E-state index contributed by atoms with van der Waals surface area (Å²) in [4.78, 5) is 18.4. The van der Waals surface area contributed by atoms with E-state index in [1.807, 2.05) is 6.07 Å². The number of hydrogen-bond acceptors (Lipinski definition) is 3. The summed E-state index contributed by atoms with van der Waals surface area (Å²) in [5.74, 6) is -0.918. The normalized spacial score (nSPS) is 11.1. The Hall–Kier alpha value is -3.00. The SMILES string of the molecule is FC(F)(F)c1ccc2cc(Br)ccc2n1.O=C(O)c1ccnc2ccccc12. The van der Waals surface area contributed by atoms with Crippen LogP contribution in [0.5, 0.6) is 0 Å². The van der Waals surface area contributed by atoms with Crippen LogP contribution in [-0.4, -0.2) is 21.0 Å². The van der Waals surface area contributed by atoms with E-state index in [0.717, 1.165) is 10.5 Å². The number of alkyl halides is 3. The number of aromatic carboxylic acids is 1. The Balaban J connectivity index is 0.000000162. The smallest absolute Gasteiger partial charge is 0.433 e. The van der Waals surface area contributed by atoms with Crippen molar-refractivity contribution in [2.75, 3.05) is 0 Å². The van der Waals surface area contributed by atoms with Crippen molar-refractivity contribution in [1.82, 2.24) is 9.97 Å². The molecule has 4 aromatic rings. The summed E-state index contributed by atoms with van der Waals surface area (Å²) >= 11 is 3.24. The van der Waals surface area contributed by atoms with Crippen LogP contribution in [0, 0.1) is 0 Å². The molecule has 2 aromatic carbocycles. The largest absolute Gasteiger partial charge is 0.478 e. The van der Waals surface area contributed by atoms with E-state index in [0.29, 0.717) is 27.4 Å². The molecule has 0 unspecified atom stereocenters. The lowest BCUT2D eigenvalue weighted by Crippen LogP contribution is -2.07. The van der Waals surface area contributed by atoms with Gasteiger partial charge in [-0.1, -0.05) is 40.2 Å². The first-order valence-corrected chi connectivity index (χ1v) is 8.75. The van der Waals surface area contributed by atoms with Crippen LogP contribution in [0.2, 0.25) is 0 Å². The highest BCUT2D eigenvalue weighted by atomic mass is 79.9. The molecule has 2 aromatic heterocycles. The Labute approximate surface area is 165 Å². The Kier molecular flexibility index (Phi) is 5.60. The second-order valence-corrected chi connectivity index (χ2v) is 6.63. The summed E-state index contributed by atoms with van der Waals surface area (Å²) in [6, 6.07) is 16.0. The van der Waals surface area contributed by atoms with Gasteiger partial charge in [0, 0.05) is 21.4 Å². The van der Waals surface area contributed by atoms with Gasteiger partial charge in [-0.15, -0.1) is 0 Å². The standard InChI is InChI=1S/C10H5BrF3N.C10H7NO2/c11-7-2-3-8-6(5-7)1-4-9(15-8)10(12,13)14;12-10(13)8-5-6-11-9-4-2-1-3-7(8)9/h1-5H;1-6H,(H,12,13). The van der Waals surface area contributed by atoms with Crippen LogP contribution in [0.3, 0.4) is 0 Å². The molecule has 2 heterocycles. The monoisotopic (exact) mass is 448 g/mol. The fourth-order valence-electron chi connectivity index (χ4n) is 2.54. The topological polar surface area (TPSA) is 63.1 Å². The number of hydrogen-bond donors (Lipinski definition) is 1. The number of nitrogens with zero attached hydrogens (tertiary/aromatic N) is 2. The third-order valence-corrected chi connectivity index (χ3v) is 4.31. The van der Waals surface area contributed by atoms with Gasteiger partial charge in [0.2, 0.25) is 0 Å². The minimum atomic E-state index is -4.39. The first-order chi connectivity index (χ1) is 13.3. The van der Waals surface area contributed by atoms with Crippen LogP contribution in [0.25, 0.3) is 21.8 Å². The zero-order valence-corrected chi connectivity index (χ0v) is 15.7. The van der Waals surface area contributed by atoms with Crippen molar-refractivity contribution in [3.8, 4) is 0 Å². The fraction of sp³-hybridized carbons (Fsp3) is 0.0500. The second kappa shape index (κ2) is 7.93. The number of halogens is 4. The van der Waals surface area contributed by atoms with Crippen LogP contribution >= 0.6 is 15.9 Å². The van der Waals surface area contributed by atoms with Gasteiger partial charge in [0.1, 0.15) is 5.69 Å². The van der Waals surface area contributed by atoms with Gasteiger partial charge in [0.15, 0.2) is 0 Å². The molecule has 8 heteroatoms. The van der Waals surface area contributed by atoms with Gasteiger partial charge in [0.05, 0.1) is 16.6 Å². The van der Waals surface area contributed by atoms with Gasteiger partial charge in [0.25, 0.3) is 0 Å². The van der Waals surface area contributed by atoms with Gasteiger partial charge in [-0.05, 0) is 36.4 Å². The van der Waals surface area contributed by atoms with Gasteiger partial charge < -0.3 is 5.11 Å². The predicted octanol–water partition coefficient (Wildman–Crippen LogP) is 5.95. The average Bonchev–Trinajstić information content (AvgIpc) is 2.66. The molecule has 0 spiro atoms. The van der Waals surface area contributed by atoms with Crippen molar-refractivity contribution < 1.29 is 23.1 Å². The van der Waals surface area contributed by atoms with E-state index >= 15 is 0 Å². The second-order valence-electron chi connectivity index (χ2n) is 5.71. The van der Waals surface area contributed by atoms with E-state index in [-0.39, 0.29) is 0 Å². The molecule has 0 atom stereocenters. The van der Waals surface area contributed by atoms with E-state index < -0.39 is 17.8 Å². The van der Waals surface area contributed by atoms with Crippen molar-refractivity contribution in [3.63, 3.8) is 0 Å². The molecule has 0 saturated carbocycles. The van der Waals surface area contributed by atoms with Crippen LogP contribution < -0.4 is 0 Å². The number of rotatable bonds is 1. The Morgan fingerprint density at radius 3 is 2.43 bits per heavy atom. The Morgan fingerprint density at radius 2 is 1.71 bits per heavy atom. The first kappa shape index (κ1) is 19.8. The molecule has 1 N–H and O–H groups in total. The lowest BCUT2D eigenvalue weighted by molar-refractivity contribution is -0.140. The average molecular weight is 449 g/mol. The van der Waals surface area contributed by atoms with E-state index in [1.165, 1.54) is 18.3 Å². The number of carbonyl (C=O) groups is 1. The number of para-hydroxylation sites is 1. The number of fused-ring (bicyclic) bond motifs is 2. The Morgan fingerprint density at radius 1 is 0.964 bits per heavy atom. The molecule has 4 rings (SSSR count). The van der Waals surface area contributed by atoms with Gasteiger partial charge in [-0.25, -0.2) is 9.78 Å². The summed E-state index contributed by atoms with van der Waals surface area (Å²) in [6.07, 6.45) is -2.88. The number of benzene rings is 2. The van der Waals surface area contributed by atoms with E-state index in [2.05, 4.69) is 25.9 Å². The van der Waals surface area contributed by atoms with Crippen LogP contribution in [0.15, 0.2) is 71.3 Å². The summed E-state index contributed by atoms with van der Waals surface area (Å²) in [7, 11) is 0. The summed E-state index contributed by atoms with van der Waals surface area (Å²) < 4.78 is 37.8. The number of aromatic nitrogens is 2. The van der Waals surface area contributed by atoms with Crippen molar-refractivity contribution in [1.29, 1.82) is 0 Å². The molecule has 0 bridgehead atoms. The summed E-state index contributed by atoms with van der Waals surface area (Å²) in [6.45, 7) is 0. The first-order valence-electron chi connectivity index (χ1n) is 7.96. The zero-order chi connectivity index (χ0) is 20.3. The van der Waals surface area contributed by atoms with E-state index in [1.54, 1.807) is 36.4 Å². The number of carboxylic acids is 1. The van der Waals surface area contributed by atoms with Gasteiger partial charge >= 0.3 is 12.1 Å². The molecule has 0 saturated heterocycles. The molecule has 28 heavy (non-hydrogen) atoms. The zero-order valence-electron chi connectivity index (χ0n) is 14.1. The molecule has 0 aliphatic carbocycles. The van der Waals surface area contributed by atoms with Gasteiger partial charge in [-0.3, -0.25) is 4.98 Å². The highest BCUT2D eigenvalue weighted by molar-refractivity contribution is 9.10. The molecular formula is C20H12BrF3N2O2. The summed E-state index contributed by atoms with van der Waals surface area (Å²) in [5, 5.41) is 10.2. The van der Waals surface area contributed by atoms with Crippen molar-refractivity contribution in [2.45, 2.75) is 6.18 Å². The van der Waals surface area contributed by atoms with Crippen molar-refractivity contribution in [3.05, 3.63) is 82.6 Å². The third-order valence-electron chi connectivity index (χ3n) is 3.82. The minimum Gasteiger partial charge on any atom is -0.478 e. The minimum absolute atomic E-state index is 0.297. The number of carboxylic acid groups (broad SMARTS) is 1. The lowest BCUT2D eigenvalue weighted by atomic mass is 10.1. The highest BCUT2D eigenvalue weighted by Crippen LogP contribution is 2.29. The maximum atomic E-state index is 12.3. The lowest BCUT2D eigenvalue weighted by Gasteiger charge is -2.06. The molecule has 0 amide bonds. The van der Waals surface area contributed by atoms with Crippen molar-refractivity contribution >= 4 is 43.7 Å². The third kappa shape index (κ3) is 4.45. The molecule has 0 radical (unpaired) electrons. The molecular weight excluding hydrogens is 437 g/mol. The maximum Gasteiger partial charge on any atom is 0.433 e. The van der Waals surface area contributed by atoms with Crippen LogP contribution in [0.4, 0.5) is 13.2 Å². The molecule has 0 aliphatic rings. The highest BCUT2D eigenvalue weighted by Gasteiger charge is 2.32. The molecule has 0 aliphatic heterocycles. The quantitative estimate of drug-likeness (QED) is 0.390. The van der Waals surface area contributed by atoms with E-state index in [4.69, 9.17) is 5.11 Å². The van der Waals surface area contributed by atoms with Crippen LogP contribution in [-0.2, 0) is 6.18 Å². The molecule has 0 fully saturated rings. The summed E-state index contributed by atoms with van der Waals surface area (Å²) in [5.41, 5.74) is 0.485. The fourth-order valence-corrected chi connectivity index (χ4v) is 2.92. The predicted molar refractivity (Wildman–Crippen MR) is 103 cm³/mol. The Bertz CT molecular complexity index is 1160. The van der Waals surface area contributed by atoms with E-state index in [9.17, 15) is 18.0 Å². The van der Waals surface area contributed by atoms with Gasteiger partial charge in [-0.2, -0.15) is 13.2 Å². The number of pyridine rings is 2. The molecule has 4 nitrogen and oxygen atoms in total.